The van der Waals surface area contributed by atoms with E-state index >= 15 is 0 Å². The molecule has 0 aromatic carbocycles. The lowest BCUT2D eigenvalue weighted by Crippen LogP contribution is -2.33. The predicted octanol–water partition coefficient (Wildman–Crippen LogP) is -0.299. The fourth-order valence-corrected chi connectivity index (χ4v) is 1.59. The first-order chi connectivity index (χ1) is 5.72. The Kier molecular flexibility index (Phi) is 3.28. The van der Waals surface area contributed by atoms with Gasteiger partial charge in [-0.15, -0.1) is 0 Å². The molecule has 1 amide bonds. The maximum atomic E-state index is 11.0. The van der Waals surface area contributed by atoms with Gasteiger partial charge in [0.2, 0.25) is 5.91 Å². The topological polar surface area (TPSA) is 58.4 Å². The fourth-order valence-electron chi connectivity index (χ4n) is 0.883. The molecule has 0 saturated heterocycles. The van der Waals surface area contributed by atoms with E-state index < -0.39 is 0 Å². The van der Waals surface area contributed by atoms with E-state index in [1.54, 1.807) is 6.20 Å². The zero-order valence-corrected chi connectivity index (χ0v) is 7.56. The van der Waals surface area contributed by atoms with E-state index in [0.717, 1.165) is 10.9 Å². The molecule has 5 heteroatoms. The van der Waals surface area contributed by atoms with Gasteiger partial charge in [0, 0.05) is 12.7 Å². The largest absolute Gasteiger partial charge is 0.392 e. The molecule has 0 fully saturated rings. The number of thioether (sulfide) groups is 1. The molecule has 67 valence electrons. The van der Waals surface area contributed by atoms with Crippen molar-refractivity contribution in [2.24, 2.45) is 5.73 Å². The minimum Gasteiger partial charge on any atom is -0.392 e. The number of hydrogen-bond donors (Lipinski definition) is 2. The summed E-state index contributed by atoms with van der Waals surface area (Å²) in [7, 11) is 0. The molecule has 1 aliphatic heterocycles. The van der Waals surface area contributed by atoms with Gasteiger partial charge in [0.15, 0.2) is 0 Å². The second-order valence-corrected chi connectivity index (χ2v) is 3.42. The molecule has 1 heterocycles. The van der Waals surface area contributed by atoms with Gasteiger partial charge < -0.3 is 16.0 Å². The molecule has 0 aromatic rings. The van der Waals surface area contributed by atoms with Crippen molar-refractivity contribution in [2.75, 3.05) is 19.0 Å². The number of carbonyl (C=O) groups excluding carboxylic acids is 1. The van der Waals surface area contributed by atoms with Gasteiger partial charge in [-0.25, -0.2) is 0 Å². The molecule has 0 spiro atoms. The van der Waals surface area contributed by atoms with Crippen LogP contribution in [0.2, 0.25) is 0 Å². The second kappa shape index (κ2) is 4.25. The van der Waals surface area contributed by atoms with Crippen molar-refractivity contribution in [3.8, 4) is 0 Å². The normalized spacial score (nSPS) is 16.1. The summed E-state index contributed by atoms with van der Waals surface area (Å²) < 4.78 is 0. The molecule has 1 radical (unpaired) electrons. The number of nitrogens with one attached hydrogen (secondary N) is 1. The third-order valence-corrected chi connectivity index (χ3v) is 2.28. The highest BCUT2D eigenvalue weighted by Gasteiger charge is 2.12. The lowest BCUT2D eigenvalue weighted by Gasteiger charge is -2.12. The van der Waals surface area contributed by atoms with Crippen molar-refractivity contribution >= 4 is 17.7 Å². The lowest BCUT2D eigenvalue weighted by atomic mass is 10.5. The van der Waals surface area contributed by atoms with Crippen LogP contribution in [-0.4, -0.2) is 29.8 Å². The van der Waals surface area contributed by atoms with Crippen LogP contribution in [0.5, 0.6) is 0 Å². The van der Waals surface area contributed by atoms with Crippen LogP contribution in [0.4, 0.5) is 0 Å². The van der Waals surface area contributed by atoms with Crippen LogP contribution in [-0.2, 0) is 4.79 Å². The third kappa shape index (κ3) is 2.65. The minimum atomic E-state index is -0.0171. The van der Waals surface area contributed by atoms with Crippen LogP contribution in [0.15, 0.2) is 11.2 Å². The number of amides is 1. The number of nitrogens with two attached hydrogens (primary N) is 1. The predicted molar refractivity (Wildman–Crippen MR) is 49.8 cm³/mol. The van der Waals surface area contributed by atoms with Gasteiger partial charge in [-0.1, -0.05) is 11.8 Å². The molecule has 0 unspecified atom stereocenters. The first kappa shape index (κ1) is 9.25. The van der Waals surface area contributed by atoms with Crippen LogP contribution >= 0.6 is 11.8 Å². The van der Waals surface area contributed by atoms with Crippen LogP contribution in [0, 0.1) is 6.92 Å². The molecular weight excluding hydrogens is 174 g/mol. The summed E-state index contributed by atoms with van der Waals surface area (Å²) in [6.45, 7) is 4.31. The van der Waals surface area contributed by atoms with Gasteiger partial charge in [0.05, 0.1) is 17.5 Å². The van der Waals surface area contributed by atoms with Crippen molar-refractivity contribution in [3.63, 3.8) is 0 Å². The van der Waals surface area contributed by atoms with Gasteiger partial charge in [-0.3, -0.25) is 4.79 Å². The van der Waals surface area contributed by atoms with Gasteiger partial charge in [0.25, 0.3) is 0 Å². The molecular formula is C7H12N3OS. The first-order valence-corrected chi connectivity index (χ1v) is 4.61. The summed E-state index contributed by atoms with van der Waals surface area (Å²) in [5.41, 5.74) is 5.51. The highest BCUT2D eigenvalue weighted by atomic mass is 32.2. The van der Waals surface area contributed by atoms with Crippen LogP contribution < -0.4 is 11.1 Å². The zero-order valence-electron chi connectivity index (χ0n) is 6.75. The number of rotatable bonds is 3. The zero-order chi connectivity index (χ0) is 8.97. The average molecular weight is 186 g/mol. The molecule has 0 saturated carbocycles. The Morgan fingerprint density at radius 3 is 3.17 bits per heavy atom. The Labute approximate surface area is 76.2 Å². The molecule has 3 N–H and O–H groups in total. The summed E-state index contributed by atoms with van der Waals surface area (Å²) >= 11 is 1.53. The number of hydrogen-bond acceptors (Lipinski definition) is 4. The summed E-state index contributed by atoms with van der Waals surface area (Å²) in [4.78, 5) is 12.9. The Bertz CT molecular complexity index is 205. The third-order valence-electron chi connectivity index (χ3n) is 1.38. The van der Waals surface area contributed by atoms with Crippen molar-refractivity contribution in [3.05, 3.63) is 18.2 Å². The van der Waals surface area contributed by atoms with Crippen LogP contribution in [0.1, 0.15) is 0 Å². The summed E-state index contributed by atoms with van der Waals surface area (Å²) in [6.07, 6.45) is 1.79. The number of carbonyl (C=O) groups is 1. The van der Waals surface area contributed by atoms with Crippen molar-refractivity contribution in [2.45, 2.75) is 0 Å². The van der Waals surface area contributed by atoms with Crippen LogP contribution in [0.25, 0.3) is 0 Å². The summed E-state index contributed by atoms with van der Waals surface area (Å²) in [5, 5.41) is 3.38. The Morgan fingerprint density at radius 2 is 2.67 bits per heavy atom. The Morgan fingerprint density at radius 1 is 1.92 bits per heavy atom. The molecule has 4 nitrogen and oxygen atoms in total. The molecule has 1 rings (SSSR count). The molecule has 0 atom stereocenters. The summed E-state index contributed by atoms with van der Waals surface area (Å²) in [6, 6.07) is 0. The smallest absolute Gasteiger partial charge is 0.239 e. The van der Waals surface area contributed by atoms with E-state index in [9.17, 15) is 4.79 Å². The molecule has 12 heavy (non-hydrogen) atoms. The number of nitrogens with zero attached hydrogens (tertiary/aromatic N) is 1. The van der Waals surface area contributed by atoms with Crippen LogP contribution in [0.3, 0.4) is 0 Å². The highest BCUT2D eigenvalue weighted by molar-refractivity contribution is 8.03. The standard InChI is InChI=1S/C7H12N3OS/c1-2-9-7(11)4-10-3-6(8)12-5-10/h3H,1-2,4-5,8H2,(H,9,11). The second-order valence-electron chi connectivity index (χ2n) is 2.40. The molecule has 0 aromatic heterocycles. The van der Waals surface area contributed by atoms with E-state index in [2.05, 4.69) is 12.2 Å². The van der Waals surface area contributed by atoms with Gasteiger partial charge in [-0.2, -0.15) is 0 Å². The summed E-state index contributed by atoms with van der Waals surface area (Å²) in [5.74, 6) is 0.743. The van der Waals surface area contributed by atoms with Crippen molar-refractivity contribution in [1.29, 1.82) is 0 Å². The maximum absolute atomic E-state index is 11.0. The maximum Gasteiger partial charge on any atom is 0.239 e. The van der Waals surface area contributed by atoms with E-state index in [0.29, 0.717) is 13.1 Å². The molecule has 0 aliphatic carbocycles. The van der Waals surface area contributed by atoms with Gasteiger partial charge in [-0.05, 0) is 6.92 Å². The Balaban J connectivity index is 2.28. The van der Waals surface area contributed by atoms with E-state index in [-0.39, 0.29) is 5.91 Å². The Hall–Kier alpha value is -0.840. The van der Waals surface area contributed by atoms with Crippen molar-refractivity contribution in [1.82, 2.24) is 10.2 Å². The van der Waals surface area contributed by atoms with Gasteiger partial charge >= 0.3 is 0 Å². The monoisotopic (exact) mass is 186 g/mol. The quantitative estimate of drug-likeness (QED) is 0.635. The fraction of sp³-hybridized carbons (Fsp3) is 0.429. The minimum absolute atomic E-state index is 0.0171. The van der Waals surface area contributed by atoms with Crippen molar-refractivity contribution < 1.29 is 4.79 Å². The average Bonchev–Trinajstić information content (AvgIpc) is 2.36. The SMILES string of the molecule is [CH2]CNC(=O)CN1C=C(N)SC1. The molecule has 0 bridgehead atoms. The molecule has 1 aliphatic rings. The van der Waals surface area contributed by atoms with E-state index in [1.165, 1.54) is 11.8 Å². The van der Waals surface area contributed by atoms with Gasteiger partial charge in [0.1, 0.15) is 0 Å². The van der Waals surface area contributed by atoms with E-state index in [4.69, 9.17) is 5.73 Å². The first-order valence-electron chi connectivity index (χ1n) is 3.62. The highest BCUT2D eigenvalue weighted by Crippen LogP contribution is 2.19. The van der Waals surface area contributed by atoms with E-state index in [1.807, 2.05) is 4.90 Å². The lowest BCUT2D eigenvalue weighted by molar-refractivity contribution is -0.121.